The molecular weight excluding hydrogens is 516 g/mol. The van der Waals surface area contributed by atoms with Crippen molar-refractivity contribution >= 4 is 50.0 Å². The lowest BCUT2D eigenvalue weighted by Crippen LogP contribution is -2.49. The maximum Gasteiger partial charge on any atom is 0.224 e. The first-order valence-corrected chi connectivity index (χ1v) is 11.9. The summed E-state index contributed by atoms with van der Waals surface area (Å²) in [6, 6.07) is 8.14. The van der Waals surface area contributed by atoms with Gasteiger partial charge in [0.2, 0.25) is 10.0 Å². The van der Waals surface area contributed by atoms with Gasteiger partial charge in [-0.3, -0.25) is 0 Å². The van der Waals surface area contributed by atoms with E-state index in [-0.39, 0.29) is 23.4 Å². The number of nitrogens with zero attached hydrogens (tertiary/aromatic N) is 3. The number of hydrogen-bond donors (Lipinski definition) is 0. The van der Waals surface area contributed by atoms with E-state index in [9.17, 15) is 12.8 Å². The fourth-order valence-electron chi connectivity index (χ4n) is 3.33. The Balaban J connectivity index is 0.00000320. The van der Waals surface area contributed by atoms with Gasteiger partial charge in [-0.25, -0.2) is 17.8 Å². The molecule has 1 aromatic carbocycles. The number of halogens is 4. The van der Waals surface area contributed by atoms with Crippen LogP contribution in [-0.2, 0) is 16.4 Å². The van der Waals surface area contributed by atoms with Crippen molar-refractivity contribution in [3.63, 3.8) is 0 Å². The molecule has 2 heterocycles. The molecule has 1 saturated heterocycles. The van der Waals surface area contributed by atoms with Crippen LogP contribution in [0, 0.1) is 5.82 Å². The van der Waals surface area contributed by atoms with Gasteiger partial charge in [0.05, 0.1) is 4.47 Å². The van der Waals surface area contributed by atoms with E-state index in [1.54, 1.807) is 18.2 Å². The molecule has 3 rings (SSSR count). The first kappa shape index (κ1) is 25.2. The normalized spacial score (nSPS) is 16.6. The quantitative estimate of drug-likeness (QED) is 0.385. The van der Waals surface area contributed by atoms with E-state index >= 15 is 0 Å². The Morgan fingerprint density at radius 3 is 2.43 bits per heavy atom. The second-order valence-electron chi connectivity index (χ2n) is 6.86. The Kier molecular flexibility index (Phi) is 9.27. The third kappa shape index (κ3) is 6.02. The van der Waals surface area contributed by atoms with Gasteiger partial charge in [-0.1, -0.05) is 29.8 Å². The zero-order valence-electron chi connectivity index (χ0n) is 16.2. The summed E-state index contributed by atoms with van der Waals surface area (Å²) in [4.78, 5) is 6.25. The first-order valence-electron chi connectivity index (χ1n) is 9.20. The maximum atomic E-state index is 13.2. The number of benzene rings is 1. The van der Waals surface area contributed by atoms with Gasteiger partial charge in [0.15, 0.2) is 0 Å². The van der Waals surface area contributed by atoms with Crippen molar-refractivity contribution in [3.8, 4) is 0 Å². The molecule has 2 aromatic rings. The summed E-state index contributed by atoms with van der Waals surface area (Å²) in [5, 5.41) is -0.599. The summed E-state index contributed by atoms with van der Waals surface area (Å²) in [5.74, 6) is -0.243. The van der Waals surface area contributed by atoms with Crippen molar-refractivity contribution in [2.45, 2.75) is 11.7 Å². The number of piperazine rings is 1. The van der Waals surface area contributed by atoms with Crippen LogP contribution >= 0.6 is 39.9 Å². The Morgan fingerprint density at radius 1 is 1.23 bits per heavy atom. The molecule has 1 atom stereocenters. The van der Waals surface area contributed by atoms with E-state index in [1.807, 2.05) is 0 Å². The summed E-state index contributed by atoms with van der Waals surface area (Å²) in [5.41, 5.74) is 1.59. The summed E-state index contributed by atoms with van der Waals surface area (Å²) in [7, 11) is -3.61. The van der Waals surface area contributed by atoms with Crippen LogP contribution in [0.4, 0.5) is 4.39 Å². The second kappa shape index (κ2) is 11.0. The van der Waals surface area contributed by atoms with Crippen molar-refractivity contribution in [1.82, 2.24) is 14.2 Å². The molecule has 0 spiro atoms. The van der Waals surface area contributed by atoms with Crippen molar-refractivity contribution in [3.05, 3.63) is 75.8 Å². The summed E-state index contributed by atoms with van der Waals surface area (Å²) in [6.07, 6.45) is 3.69. The lowest BCUT2D eigenvalue weighted by Gasteiger charge is -2.35. The van der Waals surface area contributed by atoms with Crippen LogP contribution in [-0.4, -0.2) is 55.3 Å². The summed E-state index contributed by atoms with van der Waals surface area (Å²) >= 11 is 9.21. The van der Waals surface area contributed by atoms with Gasteiger partial charge in [-0.15, -0.1) is 19.0 Å². The average Bonchev–Trinajstić information content (AvgIpc) is 2.71. The molecule has 164 valence electrons. The Hall–Kier alpha value is -1.03. The Labute approximate surface area is 196 Å². The molecular formula is C20H23BrCl2FN3O2S. The van der Waals surface area contributed by atoms with Crippen molar-refractivity contribution < 1.29 is 12.8 Å². The largest absolute Gasteiger partial charge is 0.300 e. The summed E-state index contributed by atoms with van der Waals surface area (Å²) < 4.78 is 41.4. The van der Waals surface area contributed by atoms with Crippen LogP contribution in [0.25, 0.3) is 0 Å². The van der Waals surface area contributed by atoms with Gasteiger partial charge in [0.25, 0.3) is 0 Å². The van der Waals surface area contributed by atoms with E-state index in [0.717, 1.165) is 18.5 Å². The number of rotatable bonds is 7. The van der Waals surface area contributed by atoms with Gasteiger partial charge in [-0.2, -0.15) is 4.31 Å². The van der Waals surface area contributed by atoms with Gasteiger partial charge in [-0.05, 0) is 51.7 Å². The molecule has 0 aliphatic carbocycles. The smallest absolute Gasteiger partial charge is 0.224 e. The lowest BCUT2D eigenvalue weighted by atomic mass is 10.1. The predicted molar refractivity (Wildman–Crippen MR) is 124 cm³/mol. The van der Waals surface area contributed by atoms with Crippen LogP contribution in [0.5, 0.6) is 0 Å². The average molecular weight is 539 g/mol. The van der Waals surface area contributed by atoms with E-state index < -0.39 is 15.3 Å². The number of hydrogen-bond acceptors (Lipinski definition) is 4. The zero-order chi connectivity index (χ0) is 21.0. The van der Waals surface area contributed by atoms with Crippen LogP contribution in [0.2, 0.25) is 5.15 Å². The highest BCUT2D eigenvalue weighted by molar-refractivity contribution is 9.10. The van der Waals surface area contributed by atoms with Crippen molar-refractivity contribution in [2.75, 3.05) is 32.7 Å². The monoisotopic (exact) mass is 537 g/mol. The van der Waals surface area contributed by atoms with E-state index in [1.165, 1.54) is 28.7 Å². The van der Waals surface area contributed by atoms with Crippen LogP contribution in [0.15, 0.2) is 53.7 Å². The highest BCUT2D eigenvalue weighted by Crippen LogP contribution is 2.31. The molecule has 1 unspecified atom stereocenters. The predicted octanol–water partition coefficient (Wildman–Crippen LogP) is 4.48. The molecule has 0 N–H and O–H groups in total. The molecule has 1 aliphatic rings. The molecule has 5 nitrogen and oxygen atoms in total. The maximum absolute atomic E-state index is 13.2. The highest BCUT2D eigenvalue weighted by atomic mass is 79.9. The number of aromatic nitrogens is 1. The molecule has 0 amide bonds. The second-order valence-corrected chi connectivity index (χ2v) is 10.1. The number of sulfonamides is 1. The molecule has 30 heavy (non-hydrogen) atoms. The molecule has 0 saturated carbocycles. The summed E-state index contributed by atoms with van der Waals surface area (Å²) in [6.45, 7) is 6.64. The third-order valence-corrected chi connectivity index (χ3v) is 8.33. The molecule has 10 heteroatoms. The topological polar surface area (TPSA) is 53.5 Å². The first-order chi connectivity index (χ1) is 13.8. The van der Waals surface area contributed by atoms with Crippen LogP contribution in [0.1, 0.15) is 16.4 Å². The fourth-order valence-corrected chi connectivity index (χ4v) is 5.51. The number of pyridine rings is 1. The molecule has 1 fully saturated rings. The lowest BCUT2D eigenvalue weighted by molar-refractivity contribution is 0.189. The minimum absolute atomic E-state index is 0. The van der Waals surface area contributed by atoms with Crippen LogP contribution < -0.4 is 0 Å². The Morgan fingerprint density at radius 2 is 1.87 bits per heavy atom. The Bertz CT molecular complexity index is 969. The minimum Gasteiger partial charge on any atom is -0.300 e. The van der Waals surface area contributed by atoms with Gasteiger partial charge in [0.1, 0.15) is 16.2 Å². The van der Waals surface area contributed by atoms with E-state index in [2.05, 4.69) is 32.4 Å². The van der Waals surface area contributed by atoms with E-state index in [4.69, 9.17) is 11.6 Å². The van der Waals surface area contributed by atoms with Crippen LogP contribution in [0.3, 0.4) is 0 Å². The molecule has 0 bridgehead atoms. The molecule has 1 aliphatic heterocycles. The molecule has 1 aromatic heterocycles. The van der Waals surface area contributed by atoms with Crippen molar-refractivity contribution in [1.29, 1.82) is 0 Å². The molecule has 0 radical (unpaired) electrons. The highest BCUT2D eigenvalue weighted by Gasteiger charge is 2.34. The zero-order valence-corrected chi connectivity index (χ0v) is 20.2. The minimum atomic E-state index is -3.61. The fraction of sp³-hybridized carbons (Fsp3) is 0.350. The van der Waals surface area contributed by atoms with E-state index in [0.29, 0.717) is 36.2 Å². The van der Waals surface area contributed by atoms with Crippen molar-refractivity contribution in [2.24, 2.45) is 0 Å². The van der Waals surface area contributed by atoms with Gasteiger partial charge in [0, 0.05) is 38.9 Å². The third-order valence-electron chi connectivity index (χ3n) is 5.00. The SMILES string of the molecule is C=CC(c1cnc(Cl)c(Br)c1)S(=O)(=O)N1CCN(CCc2ccc(F)cc2)CC1.Cl. The standard InChI is InChI=1S/C20H22BrClFN3O2S.ClH/c1-2-19(16-13-18(21)20(22)24-14-16)29(27,28)26-11-9-25(10-12-26)8-7-15-3-5-17(23)6-4-15;/h2-6,13-14,19H,1,7-12H2;1H. The van der Waals surface area contributed by atoms with Gasteiger partial charge < -0.3 is 4.90 Å². The van der Waals surface area contributed by atoms with Gasteiger partial charge >= 0.3 is 0 Å².